The summed E-state index contributed by atoms with van der Waals surface area (Å²) in [5.74, 6) is -2.12. The van der Waals surface area contributed by atoms with Gasteiger partial charge in [-0.05, 0) is 118 Å². The number of rotatable bonds is 11. The number of nitrogens with one attached hydrogen (secondary N) is 2. The Bertz CT molecular complexity index is 1610. The Labute approximate surface area is 276 Å². The molecule has 0 bridgehead atoms. The molecular weight excluding hydrogens is 604 g/mol. The number of aryl methyl sites for hydroxylation is 3. The van der Waals surface area contributed by atoms with Gasteiger partial charge in [0, 0.05) is 30.9 Å². The van der Waals surface area contributed by atoms with Crippen LogP contribution in [0.2, 0.25) is 0 Å². The van der Waals surface area contributed by atoms with E-state index in [2.05, 4.69) is 34.5 Å². The molecule has 0 aliphatic carbocycles. The lowest BCUT2D eigenvalue weighted by atomic mass is 9.90. The van der Waals surface area contributed by atoms with E-state index in [1.54, 1.807) is 46.0 Å². The Morgan fingerprint density at radius 2 is 1.66 bits per heavy atom. The van der Waals surface area contributed by atoms with Crippen molar-refractivity contribution in [2.45, 2.75) is 99.3 Å². The van der Waals surface area contributed by atoms with Crippen molar-refractivity contribution >= 4 is 17.9 Å². The number of nitrogens with zero attached hydrogens (tertiary/aromatic N) is 3. The summed E-state index contributed by atoms with van der Waals surface area (Å²) in [6.45, 7) is 16.5. The summed E-state index contributed by atoms with van der Waals surface area (Å²) >= 11 is 0. The maximum atomic E-state index is 15.9. The molecule has 1 aromatic heterocycles. The number of aromatic nitrogens is 2. The monoisotopic (exact) mass is 651 g/mol. The molecule has 0 spiro atoms. The minimum atomic E-state index is -1.10. The van der Waals surface area contributed by atoms with Crippen molar-refractivity contribution in [3.8, 4) is 11.1 Å². The van der Waals surface area contributed by atoms with Crippen molar-refractivity contribution in [1.82, 2.24) is 25.3 Å². The molecule has 47 heavy (non-hydrogen) atoms. The third-order valence-corrected chi connectivity index (χ3v) is 8.59. The minimum Gasteiger partial charge on any atom is -0.466 e. The van der Waals surface area contributed by atoms with Crippen molar-refractivity contribution in [1.29, 1.82) is 0 Å². The fourth-order valence-corrected chi connectivity index (χ4v) is 6.24. The molecule has 254 valence electrons. The zero-order chi connectivity index (χ0) is 34.6. The summed E-state index contributed by atoms with van der Waals surface area (Å²) in [7, 11) is 0. The molecule has 1 aliphatic heterocycles. The summed E-state index contributed by atoms with van der Waals surface area (Å²) in [4.78, 5) is 42.4. The van der Waals surface area contributed by atoms with Crippen molar-refractivity contribution < 1.29 is 27.9 Å². The SMILES string of the molecule is CCOC(=O)C[C@H](NC(=O)[C@H](CC(C)C)NC(=O)n1cc2c(n1)CN(C(C)C)CC2)c1cc(-c2c(C)cc(F)cc2C)cc(C)c1F. The molecule has 1 aliphatic rings. The van der Waals surface area contributed by atoms with Gasteiger partial charge < -0.3 is 15.4 Å². The molecule has 2 heterocycles. The van der Waals surface area contributed by atoms with Crippen LogP contribution in [0.25, 0.3) is 11.1 Å². The van der Waals surface area contributed by atoms with Gasteiger partial charge in [-0.2, -0.15) is 9.78 Å². The third kappa shape index (κ3) is 8.62. The number of esters is 1. The summed E-state index contributed by atoms with van der Waals surface area (Å²) in [6, 6.07) is 3.78. The quantitative estimate of drug-likeness (QED) is 0.236. The second-order valence-corrected chi connectivity index (χ2v) is 13.2. The Morgan fingerprint density at radius 3 is 2.28 bits per heavy atom. The van der Waals surface area contributed by atoms with Crippen LogP contribution in [-0.4, -0.2) is 57.8 Å². The molecule has 0 saturated carbocycles. The topological polar surface area (TPSA) is 106 Å². The molecule has 3 aromatic rings. The number of hydrogen-bond donors (Lipinski definition) is 2. The molecule has 0 fully saturated rings. The van der Waals surface area contributed by atoms with Gasteiger partial charge in [-0.3, -0.25) is 14.5 Å². The first kappa shape index (κ1) is 35.7. The number of halogens is 2. The molecule has 2 aromatic carbocycles. The molecular formula is C36H47F2N5O4. The van der Waals surface area contributed by atoms with E-state index in [0.29, 0.717) is 41.3 Å². The Balaban J connectivity index is 1.65. The van der Waals surface area contributed by atoms with E-state index in [1.165, 1.54) is 16.8 Å². The molecule has 9 nitrogen and oxygen atoms in total. The highest BCUT2D eigenvalue weighted by Crippen LogP contribution is 2.34. The molecule has 0 radical (unpaired) electrons. The summed E-state index contributed by atoms with van der Waals surface area (Å²) in [6.07, 6.45) is 2.44. The first-order valence-corrected chi connectivity index (χ1v) is 16.3. The van der Waals surface area contributed by atoms with Crippen molar-refractivity contribution in [3.05, 3.63) is 75.6 Å². The van der Waals surface area contributed by atoms with Crippen LogP contribution in [0.3, 0.4) is 0 Å². The highest BCUT2D eigenvalue weighted by atomic mass is 19.1. The lowest BCUT2D eigenvalue weighted by Gasteiger charge is -2.29. The first-order valence-electron chi connectivity index (χ1n) is 16.3. The smallest absolute Gasteiger partial charge is 0.342 e. The van der Waals surface area contributed by atoms with Gasteiger partial charge in [0.1, 0.15) is 17.7 Å². The van der Waals surface area contributed by atoms with E-state index in [0.717, 1.165) is 29.8 Å². The zero-order valence-electron chi connectivity index (χ0n) is 28.7. The van der Waals surface area contributed by atoms with Crippen molar-refractivity contribution in [2.75, 3.05) is 13.2 Å². The van der Waals surface area contributed by atoms with Crippen LogP contribution in [0.4, 0.5) is 13.6 Å². The van der Waals surface area contributed by atoms with Gasteiger partial charge in [0.15, 0.2) is 0 Å². The van der Waals surface area contributed by atoms with E-state index in [9.17, 15) is 18.8 Å². The van der Waals surface area contributed by atoms with Crippen molar-refractivity contribution in [3.63, 3.8) is 0 Å². The molecule has 4 rings (SSSR count). The maximum Gasteiger partial charge on any atom is 0.342 e. The molecule has 2 atom stereocenters. The van der Waals surface area contributed by atoms with Gasteiger partial charge in [-0.15, -0.1) is 0 Å². The second-order valence-electron chi connectivity index (χ2n) is 13.2. The van der Waals surface area contributed by atoms with Crippen LogP contribution in [-0.2, 0) is 27.3 Å². The Hall–Kier alpha value is -4.12. The summed E-state index contributed by atoms with van der Waals surface area (Å²) in [5, 5.41) is 10.2. The number of carbonyl (C=O) groups is 3. The average molecular weight is 652 g/mol. The lowest BCUT2D eigenvalue weighted by molar-refractivity contribution is -0.143. The van der Waals surface area contributed by atoms with Gasteiger partial charge in [-0.1, -0.05) is 13.8 Å². The van der Waals surface area contributed by atoms with Gasteiger partial charge in [0.25, 0.3) is 0 Å². The fraction of sp³-hybridized carbons (Fsp3) is 0.500. The normalized spacial score (nSPS) is 14.6. The number of hydrogen-bond acceptors (Lipinski definition) is 6. The first-order chi connectivity index (χ1) is 22.2. The molecule has 0 unspecified atom stereocenters. The van der Waals surface area contributed by atoms with Gasteiger partial charge in [0.2, 0.25) is 5.91 Å². The van der Waals surface area contributed by atoms with Crippen LogP contribution in [0.15, 0.2) is 30.5 Å². The highest BCUT2D eigenvalue weighted by Gasteiger charge is 2.30. The molecule has 0 saturated heterocycles. The summed E-state index contributed by atoms with van der Waals surface area (Å²) < 4.78 is 36.4. The van der Waals surface area contributed by atoms with Crippen LogP contribution < -0.4 is 10.6 Å². The minimum absolute atomic E-state index is 0.0201. The largest absolute Gasteiger partial charge is 0.466 e. The number of fused-ring (bicyclic) bond motifs is 1. The zero-order valence-corrected chi connectivity index (χ0v) is 28.7. The van der Waals surface area contributed by atoms with Gasteiger partial charge in [-0.25, -0.2) is 13.6 Å². The number of benzene rings is 2. The molecule has 2 N–H and O–H groups in total. The van der Waals surface area contributed by atoms with E-state index >= 15 is 4.39 Å². The van der Waals surface area contributed by atoms with Crippen LogP contribution in [0.5, 0.6) is 0 Å². The van der Waals surface area contributed by atoms with E-state index in [4.69, 9.17) is 4.74 Å². The average Bonchev–Trinajstić information content (AvgIpc) is 3.41. The predicted octanol–water partition coefficient (Wildman–Crippen LogP) is 6.30. The van der Waals surface area contributed by atoms with Crippen LogP contribution in [0.1, 0.15) is 87.0 Å². The molecule has 11 heteroatoms. The number of ether oxygens (including phenoxy) is 1. The van der Waals surface area contributed by atoms with Crippen LogP contribution >= 0.6 is 0 Å². The maximum absolute atomic E-state index is 15.9. The number of carbonyl (C=O) groups excluding carboxylic acids is 3. The third-order valence-electron chi connectivity index (χ3n) is 8.59. The molecule has 2 amide bonds. The predicted molar refractivity (Wildman–Crippen MR) is 177 cm³/mol. The van der Waals surface area contributed by atoms with Gasteiger partial charge >= 0.3 is 12.0 Å². The lowest BCUT2D eigenvalue weighted by Crippen LogP contribution is -2.49. The van der Waals surface area contributed by atoms with Gasteiger partial charge in [0.05, 0.1) is 24.8 Å². The highest BCUT2D eigenvalue weighted by molar-refractivity contribution is 5.88. The number of amides is 2. The Kier molecular flexibility index (Phi) is 11.5. The van der Waals surface area contributed by atoms with Crippen LogP contribution in [0, 0.1) is 38.3 Å². The standard InChI is InChI=1S/C36H47F2N5O4/c1-9-47-32(44)17-29(28-16-26(13-24(8)34(28)38)33-22(6)14-27(37)15-23(33)7)39-35(45)30(12-20(2)3)40-36(46)43-18-25-10-11-42(21(4)5)19-31(25)41-43/h13-16,18,20-21,29-30H,9-12,17,19H2,1-8H3,(H,39,45)(H,40,46)/t29-,30-/m0/s1. The second kappa shape index (κ2) is 15.2. The summed E-state index contributed by atoms with van der Waals surface area (Å²) in [5.41, 5.74) is 4.92. The Morgan fingerprint density at radius 1 is 0.979 bits per heavy atom. The fourth-order valence-electron chi connectivity index (χ4n) is 6.24. The van der Waals surface area contributed by atoms with E-state index < -0.39 is 35.8 Å². The van der Waals surface area contributed by atoms with Crippen molar-refractivity contribution in [2.24, 2.45) is 5.92 Å². The van der Waals surface area contributed by atoms with E-state index in [-0.39, 0.29) is 30.3 Å². The van der Waals surface area contributed by atoms with E-state index in [1.807, 2.05) is 13.8 Å².